The van der Waals surface area contributed by atoms with Gasteiger partial charge in [-0.25, -0.2) is 13.1 Å². The van der Waals surface area contributed by atoms with E-state index < -0.39 is 22.0 Å². The monoisotopic (exact) mass is 257 g/mol. The first kappa shape index (κ1) is 14.7. The third-order valence-corrected chi connectivity index (χ3v) is 3.35. The number of carbonyl (C=O) groups is 1. The summed E-state index contributed by atoms with van der Waals surface area (Å²) >= 11 is 5.37. The number of carbonyl (C=O) groups excluding carboxylic acids is 1. The van der Waals surface area contributed by atoms with E-state index in [2.05, 4.69) is 9.46 Å². The highest BCUT2D eigenvalue weighted by atomic mass is 35.5. The van der Waals surface area contributed by atoms with Gasteiger partial charge in [-0.15, -0.1) is 11.6 Å². The lowest BCUT2D eigenvalue weighted by Crippen LogP contribution is -2.40. The fourth-order valence-corrected chi connectivity index (χ4v) is 2.46. The van der Waals surface area contributed by atoms with Crippen molar-refractivity contribution in [1.82, 2.24) is 4.72 Å². The summed E-state index contributed by atoms with van der Waals surface area (Å²) in [6.45, 7) is 3.33. The molecule has 0 aromatic heterocycles. The van der Waals surface area contributed by atoms with Gasteiger partial charge in [0.2, 0.25) is 10.0 Å². The topological polar surface area (TPSA) is 72.5 Å². The van der Waals surface area contributed by atoms with Crippen LogP contribution in [0.4, 0.5) is 0 Å². The van der Waals surface area contributed by atoms with E-state index in [0.717, 1.165) is 0 Å². The maximum Gasteiger partial charge on any atom is 0.323 e. The molecule has 0 radical (unpaired) electrons. The molecule has 90 valence electrons. The molecule has 0 bridgehead atoms. The van der Waals surface area contributed by atoms with E-state index >= 15 is 0 Å². The Hall–Kier alpha value is -0.330. The molecule has 0 aromatic rings. The number of esters is 1. The molecule has 0 rings (SSSR count). The van der Waals surface area contributed by atoms with Crippen LogP contribution in [0.2, 0.25) is 0 Å². The van der Waals surface area contributed by atoms with E-state index in [9.17, 15) is 13.2 Å². The number of ether oxygens (including phenoxy) is 1. The summed E-state index contributed by atoms with van der Waals surface area (Å²) in [4.78, 5) is 11.1. The van der Waals surface area contributed by atoms with Gasteiger partial charge in [-0.2, -0.15) is 0 Å². The summed E-state index contributed by atoms with van der Waals surface area (Å²) in [5.41, 5.74) is 0. The second-order valence-corrected chi connectivity index (χ2v) is 5.20. The molecule has 1 atom stereocenters. The number of alkyl halides is 1. The molecule has 0 aliphatic carbocycles. The highest BCUT2D eigenvalue weighted by Crippen LogP contribution is 1.96. The van der Waals surface area contributed by atoms with Crippen molar-refractivity contribution in [3.63, 3.8) is 0 Å². The average Bonchev–Trinajstić information content (AvgIpc) is 2.14. The molecule has 1 N–H and O–H groups in total. The van der Waals surface area contributed by atoms with Crippen LogP contribution >= 0.6 is 11.6 Å². The average molecular weight is 258 g/mol. The normalized spacial score (nSPS) is 13.5. The standard InChI is InChI=1S/C8H16ClNO4S/c1-3-14-8(11)7(2)10-15(12,13)6-4-5-9/h7,10H,3-6H2,1-2H3. The Morgan fingerprint density at radius 2 is 2.13 bits per heavy atom. The second-order valence-electron chi connectivity index (χ2n) is 2.95. The van der Waals surface area contributed by atoms with Crippen molar-refractivity contribution < 1.29 is 17.9 Å². The van der Waals surface area contributed by atoms with E-state index in [-0.39, 0.29) is 18.2 Å². The zero-order chi connectivity index (χ0) is 11.9. The van der Waals surface area contributed by atoms with Crippen molar-refractivity contribution in [2.24, 2.45) is 0 Å². The summed E-state index contributed by atoms with van der Waals surface area (Å²) in [7, 11) is -3.44. The van der Waals surface area contributed by atoms with Crippen molar-refractivity contribution in [2.45, 2.75) is 26.3 Å². The molecule has 0 aromatic carbocycles. The van der Waals surface area contributed by atoms with Gasteiger partial charge in [-0.05, 0) is 20.3 Å². The van der Waals surface area contributed by atoms with Crippen molar-refractivity contribution in [3.8, 4) is 0 Å². The van der Waals surface area contributed by atoms with Gasteiger partial charge in [0.05, 0.1) is 12.4 Å². The van der Waals surface area contributed by atoms with Crippen LogP contribution in [0.15, 0.2) is 0 Å². The van der Waals surface area contributed by atoms with Crippen molar-refractivity contribution in [3.05, 3.63) is 0 Å². The lowest BCUT2D eigenvalue weighted by atomic mass is 10.4. The van der Waals surface area contributed by atoms with Gasteiger partial charge in [0, 0.05) is 5.88 Å². The summed E-state index contributed by atoms with van der Waals surface area (Å²) < 4.78 is 29.5. The summed E-state index contributed by atoms with van der Waals surface area (Å²) in [6.07, 6.45) is 0.354. The maximum absolute atomic E-state index is 11.3. The number of sulfonamides is 1. The molecule has 0 spiro atoms. The molecule has 5 nitrogen and oxygen atoms in total. The minimum absolute atomic E-state index is 0.0831. The van der Waals surface area contributed by atoms with Crippen LogP contribution in [-0.2, 0) is 19.6 Å². The van der Waals surface area contributed by atoms with E-state index in [1.807, 2.05) is 0 Å². The molecular weight excluding hydrogens is 242 g/mol. The first-order valence-corrected chi connectivity index (χ1v) is 6.84. The predicted octanol–water partition coefficient (Wildman–Crippen LogP) is 0.486. The summed E-state index contributed by atoms with van der Waals surface area (Å²) in [5.74, 6) is -0.387. The molecule has 0 saturated carbocycles. The SMILES string of the molecule is CCOC(=O)C(C)NS(=O)(=O)CCCCl. The van der Waals surface area contributed by atoms with Crippen molar-refractivity contribution in [1.29, 1.82) is 0 Å². The molecule has 1 unspecified atom stereocenters. The van der Waals surface area contributed by atoms with Crippen LogP contribution in [0.25, 0.3) is 0 Å². The third-order valence-electron chi connectivity index (χ3n) is 1.54. The first-order valence-electron chi connectivity index (χ1n) is 4.65. The van der Waals surface area contributed by atoms with Crippen LogP contribution in [0.3, 0.4) is 0 Å². The second kappa shape index (κ2) is 7.03. The van der Waals surface area contributed by atoms with Crippen LogP contribution in [-0.4, -0.2) is 38.7 Å². The minimum atomic E-state index is -3.44. The molecule has 0 amide bonds. The van der Waals surface area contributed by atoms with Crippen LogP contribution in [0.5, 0.6) is 0 Å². The molecular formula is C8H16ClNO4S. The van der Waals surface area contributed by atoms with E-state index in [4.69, 9.17) is 11.6 Å². The van der Waals surface area contributed by atoms with E-state index in [1.165, 1.54) is 6.92 Å². The molecule has 15 heavy (non-hydrogen) atoms. The van der Waals surface area contributed by atoms with Gasteiger partial charge in [0.15, 0.2) is 0 Å². The molecule has 0 aliphatic heterocycles. The number of halogens is 1. The fourth-order valence-electron chi connectivity index (χ4n) is 0.888. The van der Waals surface area contributed by atoms with Gasteiger partial charge in [-0.1, -0.05) is 0 Å². The van der Waals surface area contributed by atoms with Crippen LogP contribution < -0.4 is 4.72 Å². The Labute approximate surface area is 95.2 Å². The van der Waals surface area contributed by atoms with E-state index in [0.29, 0.717) is 6.42 Å². The fraction of sp³-hybridized carbons (Fsp3) is 0.875. The van der Waals surface area contributed by atoms with E-state index in [1.54, 1.807) is 6.92 Å². The molecule has 7 heteroatoms. The minimum Gasteiger partial charge on any atom is -0.465 e. The van der Waals surface area contributed by atoms with Gasteiger partial charge >= 0.3 is 5.97 Å². The lowest BCUT2D eigenvalue weighted by Gasteiger charge is -2.12. The molecule has 0 aliphatic rings. The Bertz CT molecular complexity index is 291. The van der Waals surface area contributed by atoms with Crippen LogP contribution in [0, 0.1) is 0 Å². The first-order chi connectivity index (χ1) is 6.93. The van der Waals surface area contributed by atoms with Gasteiger partial charge in [-0.3, -0.25) is 4.79 Å². The number of hydrogen-bond acceptors (Lipinski definition) is 4. The highest BCUT2D eigenvalue weighted by molar-refractivity contribution is 7.89. The van der Waals surface area contributed by atoms with Crippen molar-refractivity contribution >= 4 is 27.6 Å². The summed E-state index contributed by atoms with van der Waals surface area (Å²) in [6, 6.07) is -0.856. The summed E-state index contributed by atoms with van der Waals surface area (Å²) in [5, 5.41) is 0. The highest BCUT2D eigenvalue weighted by Gasteiger charge is 2.20. The molecule has 0 fully saturated rings. The van der Waals surface area contributed by atoms with Gasteiger partial charge in [0.1, 0.15) is 6.04 Å². The third kappa shape index (κ3) is 6.70. The largest absolute Gasteiger partial charge is 0.465 e. The molecule has 0 heterocycles. The number of hydrogen-bond donors (Lipinski definition) is 1. The van der Waals surface area contributed by atoms with Crippen molar-refractivity contribution in [2.75, 3.05) is 18.2 Å². The quantitative estimate of drug-likeness (QED) is 0.532. The zero-order valence-corrected chi connectivity index (χ0v) is 10.4. The maximum atomic E-state index is 11.3. The predicted molar refractivity (Wildman–Crippen MR) is 58.4 cm³/mol. The Morgan fingerprint density at radius 1 is 1.53 bits per heavy atom. The Morgan fingerprint density at radius 3 is 2.60 bits per heavy atom. The number of rotatable bonds is 7. The van der Waals surface area contributed by atoms with Crippen LogP contribution in [0.1, 0.15) is 20.3 Å². The Kier molecular flexibility index (Phi) is 6.87. The van der Waals surface area contributed by atoms with Gasteiger partial charge < -0.3 is 4.74 Å². The Balaban J connectivity index is 4.15. The number of nitrogens with one attached hydrogen (secondary N) is 1. The van der Waals surface area contributed by atoms with Gasteiger partial charge in [0.25, 0.3) is 0 Å². The zero-order valence-electron chi connectivity index (χ0n) is 8.82. The smallest absolute Gasteiger partial charge is 0.323 e. The lowest BCUT2D eigenvalue weighted by molar-refractivity contribution is -0.144. The molecule has 0 saturated heterocycles.